The summed E-state index contributed by atoms with van der Waals surface area (Å²) in [6, 6.07) is -0.437. The van der Waals surface area contributed by atoms with Crippen LogP contribution in [-0.4, -0.2) is 54.2 Å². The van der Waals surface area contributed by atoms with Gasteiger partial charge in [-0.15, -0.1) is 0 Å². The Hall–Kier alpha value is -1.14. The lowest BCUT2D eigenvalue weighted by Gasteiger charge is -2.16. The summed E-state index contributed by atoms with van der Waals surface area (Å²) in [4.78, 5) is 24.8. The summed E-state index contributed by atoms with van der Waals surface area (Å²) in [6.45, 7) is 5.99. The molecule has 3 N–H and O–H groups in total. The standard InChI is InChI=1S/C12H23N3O3/c1-3-5-13-12(18)14-11(17)8-15-6-4-10(7-15)9(2)16/h9-10,16H,3-8H2,1-2H3,(H2,13,14,17,18). The van der Waals surface area contributed by atoms with Gasteiger partial charge in [-0.1, -0.05) is 6.92 Å². The third-order valence-corrected chi connectivity index (χ3v) is 3.15. The van der Waals surface area contributed by atoms with Crippen molar-refractivity contribution in [3.8, 4) is 0 Å². The summed E-state index contributed by atoms with van der Waals surface area (Å²) in [5, 5.41) is 14.3. The SMILES string of the molecule is CCCNC(=O)NC(=O)CN1CCC(C(C)O)C1. The van der Waals surface area contributed by atoms with Crippen LogP contribution >= 0.6 is 0 Å². The van der Waals surface area contributed by atoms with Crippen molar-refractivity contribution >= 4 is 11.9 Å². The maximum absolute atomic E-state index is 11.6. The number of nitrogens with one attached hydrogen (secondary N) is 2. The summed E-state index contributed by atoms with van der Waals surface area (Å²) in [5.41, 5.74) is 0. The lowest BCUT2D eigenvalue weighted by Crippen LogP contribution is -2.44. The molecule has 1 aliphatic heterocycles. The number of hydrogen-bond donors (Lipinski definition) is 3. The second kappa shape index (κ2) is 7.33. The van der Waals surface area contributed by atoms with Crippen LogP contribution < -0.4 is 10.6 Å². The van der Waals surface area contributed by atoms with Gasteiger partial charge in [-0.25, -0.2) is 4.79 Å². The van der Waals surface area contributed by atoms with Crippen LogP contribution in [0, 0.1) is 5.92 Å². The van der Waals surface area contributed by atoms with Gasteiger partial charge in [-0.05, 0) is 32.2 Å². The van der Waals surface area contributed by atoms with Crippen molar-refractivity contribution in [2.45, 2.75) is 32.8 Å². The average Bonchev–Trinajstić information content (AvgIpc) is 2.74. The predicted molar refractivity (Wildman–Crippen MR) is 68.1 cm³/mol. The largest absolute Gasteiger partial charge is 0.393 e. The number of aliphatic hydroxyl groups excluding tert-OH is 1. The zero-order valence-electron chi connectivity index (χ0n) is 11.1. The molecule has 0 spiro atoms. The highest BCUT2D eigenvalue weighted by atomic mass is 16.3. The summed E-state index contributed by atoms with van der Waals surface area (Å²) in [7, 11) is 0. The predicted octanol–water partition coefficient (Wildman–Crippen LogP) is -0.0751. The van der Waals surface area contributed by atoms with E-state index in [1.165, 1.54) is 0 Å². The Kier molecular flexibility index (Phi) is 6.07. The van der Waals surface area contributed by atoms with Crippen LogP contribution in [0.25, 0.3) is 0 Å². The molecule has 1 heterocycles. The number of rotatable bonds is 5. The van der Waals surface area contributed by atoms with E-state index in [4.69, 9.17) is 0 Å². The molecule has 0 radical (unpaired) electrons. The fourth-order valence-corrected chi connectivity index (χ4v) is 2.05. The molecule has 3 amide bonds. The lowest BCUT2D eigenvalue weighted by molar-refractivity contribution is -0.121. The zero-order valence-corrected chi connectivity index (χ0v) is 11.1. The van der Waals surface area contributed by atoms with Crippen LogP contribution in [0.5, 0.6) is 0 Å². The van der Waals surface area contributed by atoms with Gasteiger partial charge in [0.2, 0.25) is 5.91 Å². The van der Waals surface area contributed by atoms with Gasteiger partial charge in [0.05, 0.1) is 12.6 Å². The van der Waals surface area contributed by atoms with Crippen molar-refractivity contribution in [1.29, 1.82) is 0 Å². The van der Waals surface area contributed by atoms with Crippen LogP contribution in [0.4, 0.5) is 4.79 Å². The van der Waals surface area contributed by atoms with E-state index in [-0.39, 0.29) is 24.5 Å². The smallest absolute Gasteiger partial charge is 0.321 e. The molecule has 1 aliphatic rings. The molecule has 1 fully saturated rings. The number of hydrogen-bond acceptors (Lipinski definition) is 4. The van der Waals surface area contributed by atoms with Gasteiger partial charge in [-0.3, -0.25) is 15.0 Å². The van der Waals surface area contributed by atoms with Crippen molar-refractivity contribution in [2.24, 2.45) is 5.92 Å². The van der Waals surface area contributed by atoms with Gasteiger partial charge in [0.25, 0.3) is 0 Å². The van der Waals surface area contributed by atoms with Gasteiger partial charge < -0.3 is 10.4 Å². The highest BCUT2D eigenvalue weighted by Gasteiger charge is 2.27. The van der Waals surface area contributed by atoms with Gasteiger partial charge in [0, 0.05) is 13.1 Å². The summed E-state index contributed by atoms with van der Waals surface area (Å²) < 4.78 is 0. The molecule has 1 saturated heterocycles. The van der Waals surface area contributed by atoms with Crippen LogP contribution in [-0.2, 0) is 4.79 Å². The Morgan fingerprint density at radius 1 is 1.50 bits per heavy atom. The summed E-state index contributed by atoms with van der Waals surface area (Å²) >= 11 is 0. The monoisotopic (exact) mass is 257 g/mol. The molecule has 0 aromatic heterocycles. The number of likely N-dealkylation sites (tertiary alicyclic amines) is 1. The van der Waals surface area contributed by atoms with Crippen LogP contribution in [0.15, 0.2) is 0 Å². The molecule has 0 aliphatic carbocycles. The molecule has 2 unspecified atom stereocenters. The first kappa shape index (κ1) is 14.9. The number of aliphatic hydroxyl groups is 1. The minimum absolute atomic E-state index is 0.211. The van der Waals surface area contributed by atoms with Crippen LogP contribution in [0.3, 0.4) is 0 Å². The Morgan fingerprint density at radius 3 is 2.78 bits per heavy atom. The third kappa shape index (κ3) is 5.01. The van der Waals surface area contributed by atoms with Crippen molar-refractivity contribution in [2.75, 3.05) is 26.2 Å². The molecule has 2 atom stereocenters. The maximum atomic E-state index is 11.6. The molecule has 0 aromatic rings. The Morgan fingerprint density at radius 2 is 2.22 bits per heavy atom. The van der Waals surface area contributed by atoms with Gasteiger partial charge in [-0.2, -0.15) is 0 Å². The quantitative estimate of drug-likeness (QED) is 0.643. The first-order chi connectivity index (χ1) is 8.52. The topological polar surface area (TPSA) is 81.7 Å². The van der Waals surface area contributed by atoms with E-state index in [0.717, 1.165) is 19.4 Å². The highest BCUT2D eigenvalue weighted by molar-refractivity contribution is 5.95. The Labute approximate surface area is 108 Å². The van der Waals surface area contributed by atoms with Crippen molar-refractivity contribution in [1.82, 2.24) is 15.5 Å². The minimum atomic E-state index is -0.437. The van der Waals surface area contributed by atoms with E-state index in [9.17, 15) is 14.7 Å². The second-order valence-electron chi connectivity index (χ2n) is 4.83. The highest BCUT2D eigenvalue weighted by Crippen LogP contribution is 2.18. The molecule has 6 nitrogen and oxygen atoms in total. The summed E-state index contributed by atoms with van der Waals surface area (Å²) in [5.74, 6) is -0.0680. The normalized spacial score (nSPS) is 21.6. The minimum Gasteiger partial charge on any atom is -0.393 e. The van der Waals surface area contributed by atoms with E-state index in [1.807, 2.05) is 11.8 Å². The first-order valence-electron chi connectivity index (χ1n) is 6.51. The van der Waals surface area contributed by atoms with E-state index >= 15 is 0 Å². The summed E-state index contributed by atoms with van der Waals surface area (Å²) in [6.07, 6.45) is 1.39. The zero-order chi connectivity index (χ0) is 13.5. The fourth-order valence-electron chi connectivity index (χ4n) is 2.05. The third-order valence-electron chi connectivity index (χ3n) is 3.15. The first-order valence-corrected chi connectivity index (χ1v) is 6.51. The maximum Gasteiger partial charge on any atom is 0.321 e. The lowest BCUT2D eigenvalue weighted by atomic mass is 10.0. The molecule has 6 heteroatoms. The molecule has 18 heavy (non-hydrogen) atoms. The van der Waals surface area contributed by atoms with Crippen molar-refractivity contribution in [3.05, 3.63) is 0 Å². The molecular formula is C12H23N3O3. The molecule has 0 aromatic carbocycles. The molecular weight excluding hydrogens is 234 g/mol. The van der Waals surface area contributed by atoms with E-state index in [1.54, 1.807) is 6.92 Å². The van der Waals surface area contributed by atoms with Crippen LogP contribution in [0.2, 0.25) is 0 Å². The number of urea groups is 1. The Bertz CT molecular complexity index is 294. The molecule has 104 valence electrons. The molecule has 1 rings (SSSR count). The number of nitrogens with zero attached hydrogens (tertiary/aromatic N) is 1. The second-order valence-corrected chi connectivity index (χ2v) is 4.83. The Balaban J connectivity index is 2.23. The molecule has 0 saturated carbocycles. The van der Waals surface area contributed by atoms with E-state index in [2.05, 4.69) is 10.6 Å². The number of imide groups is 1. The number of amides is 3. The van der Waals surface area contributed by atoms with Crippen molar-refractivity contribution < 1.29 is 14.7 Å². The number of carbonyl (C=O) groups is 2. The molecule has 0 bridgehead atoms. The van der Waals surface area contributed by atoms with E-state index in [0.29, 0.717) is 13.1 Å². The van der Waals surface area contributed by atoms with Gasteiger partial charge >= 0.3 is 6.03 Å². The van der Waals surface area contributed by atoms with Gasteiger partial charge in [0.15, 0.2) is 0 Å². The number of carbonyl (C=O) groups excluding carboxylic acids is 2. The van der Waals surface area contributed by atoms with E-state index < -0.39 is 6.03 Å². The van der Waals surface area contributed by atoms with Crippen LogP contribution in [0.1, 0.15) is 26.7 Å². The fraction of sp³-hybridized carbons (Fsp3) is 0.833. The van der Waals surface area contributed by atoms with Gasteiger partial charge in [0.1, 0.15) is 0 Å². The van der Waals surface area contributed by atoms with Crippen molar-refractivity contribution in [3.63, 3.8) is 0 Å². The average molecular weight is 257 g/mol.